The molecule has 0 fully saturated rings. The Kier molecular flexibility index (Phi) is 9.91. The van der Waals surface area contributed by atoms with E-state index in [2.05, 4.69) is 15.1 Å². The van der Waals surface area contributed by atoms with Gasteiger partial charge in [0.2, 0.25) is 5.75 Å². The zero-order valence-electron chi connectivity index (χ0n) is 23.4. The van der Waals surface area contributed by atoms with Crippen LogP contribution < -0.4 is 14.2 Å². The highest BCUT2D eigenvalue weighted by Gasteiger charge is 2.31. The molecule has 5 rings (SSSR count). The van der Waals surface area contributed by atoms with E-state index >= 15 is 0 Å². The smallest absolute Gasteiger partial charge is 0.416 e. The normalized spacial score (nSPS) is 11.5. The number of anilines is 1. The second-order valence-electron chi connectivity index (χ2n) is 8.97. The lowest BCUT2D eigenvalue weighted by molar-refractivity contribution is -0.385. The maximum absolute atomic E-state index is 13.5. The van der Waals surface area contributed by atoms with Crippen molar-refractivity contribution in [3.63, 3.8) is 0 Å². The molecule has 0 saturated carbocycles. The Morgan fingerprint density at radius 2 is 1.72 bits per heavy atom. The second-order valence-corrected chi connectivity index (χ2v) is 11.0. The number of rotatable bonds is 8. The summed E-state index contributed by atoms with van der Waals surface area (Å²) in [6.07, 6.45) is -3.04. The lowest BCUT2D eigenvalue weighted by atomic mass is 10.2. The number of nitro groups is 1. The van der Waals surface area contributed by atoms with Crippen molar-refractivity contribution in [3.8, 4) is 17.2 Å². The van der Waals surface area contributed by atoms with Crippen LogP contribution in [0.5, 0.6) is 17.2 Å². The summed E-state index contributed by atoms with van der Waals surface area (Å²) in [7, 11) is -4.35. The van der Waals surface area contributed by atoms with Gasteiger partial charge in [-0.1, -0.05) is 17.7 Å². The molecule has 19 heteroatoms. The topological polar surface area (TPSA) is 151 Å². The van der Waals surface area contributed by atoms with Gasteiger partial charge in [0.25, 0.3) is 21.0 Å². The predicted octanol–water partition coefficient (Wildman–Crippen LogP) is 6.97. The molecule has 0 aliphatic heterocycles. The number of aromatic nitrogens is 4. The molecular weight excluding hydrogens is 667 g/mol. The van der Waals surface area contributed by atoms with Gasteiger partial charge in [-0.3, -0.25) is 14.8 Å². The molecule has 0 unspecified atom stereocenters. The third-order valence-electron chi connectivity index (χ3n) is 5.68. The summed E-state index contributed by atoms with van der Waals surface area (Å²) in [4.78, 5) is 18.0. The van der Waals surface area contributed by atoms with Crippen LogP contribution in [-0.2, 0) is 16.2 Å². The van der Waals surface area contributed by atoms with Gasteiger partial charge in [-0.05, 0) is 56.3 Å². The Morgan fingerprint density at radius 3 is 2.33 bits per heavy atom. The minimum atomic E-state index is -4.52. The van der Waals surface area contributed by atoms with Crippen LogP contribution in [0.3, 0.4) is 0 Å². The number of para-hydroxylation sites is 1. The van der Waals surface area contributed by atoms with E-state index in [-0.39, 0.29) is 40.3 Å². The lowest BCUT2D eigenvalue weighted by Gasteiger charge is -2.12. The fourth-order valence-corrected chi connectivity index (χ4v) is 4.77. The first-order valence-corrected chi connectivity index (χ1v) is 14.6. The molecule has 0 spiro atoms. The number of nitrogens with zero attached hydrogens (tertiary/aromatic N) is 5. The zero-order valence-corrected chi connectivity index (χ0v) is 25.0. The Bertz CT molecular complexity index is 2010. The van der Waals surface area contributed by atoms with Crippen LogP contribution >= 0.6 is 11.6 Å². The fraction of sp³-hybridized carbons (Fsp3) is 0.148. The first-order valence-electron chi connectivity index (χ1n) is 12.7. The Labute approximate surface area is 261 Å². The van der Waals surface area contributed by atoms with Gasteiger partial charge in [0.1, 0.15) is 28.8 Å². The van der Waals surface area contributed by atoms with Crippen LogP contribution in [0.2, 0.25) is 5.02 Å². The third kappa shape index (κ3) is 7.94. The van der Waals surface area contributed by atoms with E-state index in [1.165, 1.54) is 24.4 Å². The van der Waals surface area contributed by atoms with Crippen molar-refractivity contribution in [2.45, 2.75) is 25.2 Å². The number of hydrogen-bond acceptors (Lipinski definition) is 9. The van der Waals surface area contributed by atoms with Crippen molar-refractivity contribution >= 4 is 38.8 Å². The summed E-state index contributed by atoms with van der Waals surface area (Å²) < 4.78 is 103. The number of nitro benzene ring substituents is 1. The number of halogens is 6. The molecule has 2 heterocycles. The van der Waals surface area contributed by atoms with Gasteiger partial charge in [-0.15, -0.1) is 5.10 Å². The van der Waals surface area contributed by atoms with E-state index in [9.17, 15) is 40.5 Å². The Morgan fingerprint density at radius 1 is 1.02 bits per heavy atom. The Balaban J connectivity index is 0.000000209. The minimum absolute atomic E-state index is 0.0111. The minimum Gasteiger partial charge on any atom is -0.487 e. The van der Waals surface area contributed by atoms with Crippen molar-refractivity contribution in [1.82, 2.24) is 19.6 Å². The van der Waals surface area contributed by atoms with E-state index in [4.69, 9.17) is 21.1 Å². The average Bonchev–Trinajstić information content (AvgIpc) is 3.41. The number of ether oxygens (including phenoxy) is 2. The highest BCUT2D eigenvalue weighted by Crippen LogP contribution is 2.38. The summed E-state index contributed by atoms with van der Waals surface area (Å²) in [5.74, 6) is -1.90. The maximum Gasteiger partial charge on any atom is 0.416 e. The summed E-state index contributed by atoms with van der Waals surface area (Å²) in [5, 5.41) is 13.8. The van der Waals surface area contributed by atoms with Crippen LogP contribution in [0.4, 0.5) is 33.3 Å². The van der Waals surface area contributed by atoms with Gasteiger partial charge in [-0.2, -0.15) is 26.6 Å². The summed E-state index contributed by atoms with van der Waals surface area (Å²) in [6.45, 7) is 3.56. The molecule has 0 atom stereocenters. The zero-order chi connectivity index (χ0) is 33.8. The summed E-state index contributed by atoms with van der Waals surface area (Å²) >= 11 is 5.80. The SMILES string of the molecule is CCOc1cc(Oc2ccc(C(F)(F)F)cc2Cl)ccc1[N+](=O)[O-].Cc1ccn2nc(S(=O)(=O)Nc3c(F)cccc3F)nc2n1. The molecule has 0 bridgehead atoms. The molecule has 242 valence electrons. The highest BCUT2D eigenvalue weighted by atomic mass is 35.5. The standard InChI is InChI=1S/C15H11ClF3NO4.C12H9F2N5O2S/c1-2-23-14-8-10(4-5-12(14)20(21)22)24-13-6-3-9(7-11(13)16)15(17,18)19;1-7-5-6-19-11(15-7)16-12(17-19)22(20,21)18-10-8(13)3-2-4-9(10)14/h3-8H,2H2,1H3;2-6,18H,1H3. The lowest BCUT2D eigenvalue weighted by Crippen LogP contribution is -2.16. The molecule has 0 saturated heterocycles. The predicted molar refractivity (Wildman–Crippen MR) is 153 cm³/mol. The largest absolute Gasteiger partial charge is 0.487 e. The van der Waals surface area contributed by atoms with Crippen LogP contribution in [-0.4, -0.2) is 39.5 Å². The number of aryl methyl sites for hydroxylation is 1. The number of sulfonamides is 1. The average molecular weight is 687 g/mol. The van der Waals surface area contributed by atoms with Gasteiger partial charge >= 0.3 is 11.9 Å². The van der Waals surface area contributed by atoms with Gasteiger partial charge in [0.15, 0.2) is 0 Å². The van der Waals surface area contributed by atoms with Crippen molar-refractivity contribution in [1.29, 1.82) is 0 Å². The van der Waals surface area contributed by atoms with Crippen molar-refractivity contribution in [2.24, 2.45) is 0 Å². The highest BCUT2D eigenvalue weighted by molar-refractivity contribution is 7.92. The van der Waals surface area contributed by atoms with Crippen LogP contribution in [0.15, 0.2) is 72.0 Å². The van der Waals surface area contributed by atoms with E-state index < -0.39 is 49.2 Å². The second kappa shape index (κ2) is 13.5. The fourth-order valence-electron chi connectivity index (χ4n) is 3.60. The molecule has 46 heavy (non-hydrogen) atoms. The first-order chi connectivity index (χ1) is 21.6. The first kappa shape index (κ1) is 33.8. The number of fused-ring (bicyclic) bond motifs is 1. The van der Waals surface area contributed by atoms with E-state index in [0.717, 1.165) is 40.9 Å². The van der Waals surface area contributed by atoms with E-state index in [0.29, 0.717) is 5.69 Å². The number of benzene rings is 3. The van der Waals surface area contributed by atoms with Gasteiger partial charge in [0, 0.05) is 24.0 Å². The van der Waals surface area contributed by atoms with Crippen LogP contribution in [0.1, 0.15) is 18.2 Å². The van der Waals surface area contributed by atoms with Gasteiger partial charge in [0.05, 0.1) is 22.1 Å². The van der Waals surface area contributed by atoms with Gasteiger partial charge < -0.3 is 9.47 Å². The third-order valence-corrected chi connectivity index (χ3v) is 7.10. The molecule has 5 aromatic rings. The van der Waals surface area contributed by atoms with Gasteiger partial charge in [-0.25, -0.2) is 18.3 Å². The van der Waals surface area contributed by atoms with Crippen LogP contribution in [0.25, 0.3) is 5.78 Å². The molecule has 12 nitrogen and oxygen atoms in total. The van der Waals surface area contributed by atoms with E-state index in [1.807, 2.05) is 0 Å². The molecule has 0 radical (unpaired) electrons. The molecule has 0 amide bonds. The monoisotopic (exact) mass is 686 g/mol. The number of hydrogen-bond donors (Lipinski definition) is 1. The maximum atomic E-state index is 13.5. The number of nitrogens with one attached hydrogen (secondary N) is 1. The molecule has 1 N–H and O–H groups in total. The summed E-state index contributed by atoms with van der Waals surface area (Å²) in [6, 6.07) is 11.0. The molecule has 2 aromatic heterocycles. The van der Waals surface area contributed by atoms with Crippen molar-refractivity contribution in [2.75, 3.05) is 11.3 Å². The molecule has 0 aliphatic rings. The van der Waals surface area contributed by atoms with Crippen molar-refractivity contribution in [3.05, 3.63) is 105 Å². The number of alkyl halides is 3. The Hall–Kier alpha value is -5.10. The van der Waals surface area contributed by atoms with E-state index in [1.54, 1.807) is 24.6 Å². The quantitative estimate of drug-likeness (QED) is 0.104. The molecular formula is C27H20ClF5N6O6S. The molecule has 0 aliphatic carbocycles. The van der Waals surface area contributed by atoms with Crippen LogP contribution in [0, 0.1) is 28.7 Å². The van der Waals surface area contributed by atoms with Crippen molar-refractivity contribution < 1.29 is 44.8 Å². The molecule has 3 aromatic carbocycles. The summed E-state index contributed by atoms with van der Waals surface area (Å²) in [5.41, 5.74) is -1.32.